The molecule has 3 nitrogen and oxygen atoms in total. The van der Waals surface area contributed by atoms with E-state index >= 15 is 0 Å². The van der Waals surface area contributed by atoms with Gasteiger partial charge in [0.25, 0.3) is 0 Å². The number of nitrogens with zero attached hydrogens (tertiary/aromatic N) is 1. The van der Waals surface area contributed by atoms with Gasteiger partial charge in [0.1, 0.15) is 10.8 Å². The van der Waals surface area contributed by atoms with Gasteiger partial charge in [-0.3, -0.25) is 0 Å². The summed E-state index contributed by atoms with van der Waals surface area (Å²) < 4.78 is 0. The van der Waals surface area contributed by atoms with E-state index in [2.05, 4.69) is 17.2 Å². The van der Waals surface area contributed by atoms with Crippen LogP contribution in [0.1, 0.15) is 56.7 Å². The summed E-state index contributed by atoms with van der Waals surface area (Å²) >= 11 is 5.04. The van der Waals surface area contributed by atoms with Gasteiger partial charge in [0, 0.05) is 12.2 Å². The standard InChI is InChI=1S/C15H25N3S/c1-3-4-5-6-7-8-11-17-15-13(14(16)19)10-9-12(2)18-15/h9-10H,3-8,11H2,1-2H3,(H2,16,19)(H,17,18). The van der Waals surface area contributed by atoms with E-state index < -0.39 is 0 Å². The Labute approximate surface area is 122 Å². The number of aromatic nitrogens is 1. The highest BCUT2D eigenvalue weighted by Gasteiger charge is 2.06. The second-order valence-corrected chi connectivity index (χ2v) is 5.35. The summed E-state index contributed by atoms with van der Waals surface area (Å²) in [4.78, 5) is 4.86. The number of unbranched alkanes of at least 4 members (excludes halogenated alkanes) is 5. The molecule has 0 unspecified atom stereocenters. The Kier molecular flexibility index (Phi) is 7.41. The van der Waals surface area contributed by atoms with Gasteiger partial charge in [0.05, 0.1) is 5.56 Å². The first-order chi connectivity index (χ1) is 9.15. The van der Waals surface area contributed by atoms with Crippen LogP contribution in [0.5, 0.6) is 0 Å². The predicted molar refractivity (Wildman–Crippen MR) is 86.7 cm³/mol. The van der Waals surface area contributed by atoms with E-state index in [1.54, 1.807) is 0 Å². The van der Waals surface area contributed by atoms with Crippen LogP contribution >= 0.6 is 12.2 Å². The fourth-order valence-corrected chi connectivity index (χ4v) is 2.17. The molecule has 0 fully saturated rings. The lowest BCUT2D eigenvalue weighted by atomic mass is 10.1. The number of aryl methyl sites for hydroxylation is 1. The van der Waals surface area contributed by atoms with Crippen molar-refractivity contribution < 1.29 is 0 Å². The van der Waals surface area contributed by atoms with Gasteiger partial charge >= 0.3 is 0 Å². The van der Waals surface area contributed by atoms with Gasteiger partial charge in [-0.1, -0.05) is 51.2 Å². The van der Waals surface area contributed by atoms with Crippen LogP contribution in [0.25, 0.3) is 0 Å². The Bertz CT molecular complexity index is 404. The van der Waals surface area contributed by atoms with E-state index in [1.165, 1.54) is 32.1 Å². The molecular formula is C15H25N3S. The summed E-state index contributed by atoms with van der Waals surface area (Å²) in [6, 6.07) is 3.87. The Morgan fingerprint density at radius 2 is 1.89 bits per heavy atom. The van der Waals surface area contributed by atoms with Gasteiger partial charge in [0.15, 0.2) is 0 Å². The number of nitrogens with one attached hydrogen (secondary N) is 1. The van der Waals surface area contributed by atoms with Crippen LogP contribution < -0.4 is 11.1 Å². The third kappa shape index (κ3) is 6.01. The fourth-order valence-electron chi connectivity index (χ4n) is 2.00. The molecule has 0 radical (unpaired) electrons. The largest absolute Gasteiger partial charge is 0.389 e. The van der Waals surface area contributed by atoms with Crippen LogP contribution in [0, 0.1) is 6.92 Å². The summed E-state index contributed by atoms with van der Waals surface area (Å²) in [5.41, 5.74) is 7.52. The lowest BCUT2D eigenvalue weighted by Crippen LogP contribution is -2.15. The average molecular weight is 279 g/mol. The van der Waals surface area contributed by atoms with Crippen LogP contribution in [0.2, 0.25) is 0 Å². The molecule has 1 aromatic heterocycles. The number of thiocarbonyl (C=S) groups is 1. The lowest BCUT2D eigenvalue weighted by molar-refractivity contribution is 0.617. The summed E-state index contributed by atoms with van der Waals surface area (Å²) in [5.74, 6) is 0.820. The number of anilines is 1. The molecule has 0 saturated heterocycles. The first-order valence-electron chi connectivity index (χ1n) is 7.16. The van der Waals surface area contributed by atoms with Crippen LogP contribution in [0.4, 0.5) is 5.82 Å². The van der Waals surface area contributed by atoms with Crippen molar-refractivity contribution in [2.75, 3.05) is 11.9 Å². The zero-order valence-corrected chi connectivity index (χ0v) is 12.9. The lowest BCUT2D eigenvalue weighted by Gasteiger charge is -2.10. The maximum Gasteiger partial charge on any atom is 0.136 e. The molecule has 0 aliphatic rings. The number of hydrogen-bond acceptors (Lipinski definition) is 3. The minimum atomic E-state index is 0.401. The molecule has 3 N–H and O–H groups in total. The Morgan fingerprint density at radius 1 is 1.21 bits per heavy atom. The van der Waals surface area contributed by atoms with Crippen LogP contribution in [0.15, 0.2) is 12.1 Å². The van der Waals surface area contributed by atoms with Crippen LogP contribution in [0.3, 0.4) is 0 Å². The van der Waals surface area contributed by atoms with Crippen molar-refractivity contribution in [3.63, 3.8) is 0 Å². The van der Waals surface area contributed by atoms with E-state index in [0.717, 1.165) is 30.0 Å². The molecule has 0 atom stereocenters. The van der Waals surface area contributed by atoms with Crippen molar-refractivity contribution in [1.29, 1.82) is 0 Å². The van der Waals surface area contributed by atoms with E-state index in [1.807, 2.05) is 19.1 Å². The molecule has 1 aromatic rings. The molecule has 19 heavy (non-hydrogen) atoms. The first kappa shape index (κ1) is 15.9. The molecule has 0 spiro atoms. The first-order valence-corrected chi connectivity index (χ1v) is 7.57. The van der Waals surface area contributed by atoms with Crippen molar-refractivity contribution in [3.8, 4) is 0 Å². The molecule has 1 heterocycles. The molecule has 106 valence electrons. The van der Waals surface area contributed by atoms with Crippen LogP contribution in [-0.2, 0) is 0 Å². The van der Waals surface area contributed by atoms with Crippen molar-refractivity contribution in [2.45, 2.75) is 52.4 Å². The minimum absolute atomic E-state index is 0.401. The van der Waals surface area contributed by atoms with Crippen molar-refractivity contribution in [1.82, 2.24) is 4.98 Å². The third-order valence-corrected chi connectivity index (χ3v) is 3.34. The Balaban J connectivity index is 2.36. The average Bonchev–Trinajstić information content (AvgIpc) is 2.37. The fraction of sp³-hybridized carbons (Fsp3) is 0.600. The second-order valence-electron chi connectivity index (χ2n) is 4.91. The zero-order chi connectivity index (χ0) is 14.1. The molecule has 0 aliphatic heterocycles. The number of nitrogens with two attached hydrogens (primary N) is 1. The molecule has 1 rings (SSSR count). The van der Waals surface area contributed by atoms with E-state index in [-0.39, 0.29) is 0 Å². The highest BCUT2D eigenvalue weighted by Crippen LogP contribution is 2.14. The number of hydrogen-bond donors (Lipinski definition) is 2. The maximum absolute atomic E-state index is 5.70. The number of rotatable bonds is 9. The molecule has 0 amide bonds. The van der Waals surface area contributed by atoms with Gasteiger partial charge in [-0.25, -0.2) is 4.98 Å². The van der Waals surface area contributed by atoms with Crippen molar-refractivity contribution in [2.24, 2.45) is 5.73 Å². The summed E-state index contributed by atoms with van der Waals surface area (Å²) in [7, 11) is 0. The monoisotopic (exact) mass is 279 g/mol. The molecule has 0 aromatic carbocycles. The molecule has 0 bridgehead atoms. The van der Waals surface area contributed by atoms with Gasteiger partial charge in [0.2, 0.25) is 0 Å². The quantitative estimate of drug-likeness (QED) is 0.533. The topological polar surface area (TPSA) is 50.9 Å². The second kappa shape index (κ2) is 8.86. The van der Waals surface area contributed by atoms with E-state index in [9.17, 15) is 0 Å². The Hall–Kier alpha value is -1.16. The minimum Gasteiger partial charge on any atom is -0.389 e. The van der Waals surface area contributed by atoms with Gasteiger partial charge in [-0.05, 0) is 25.5 Å². The SMILES string of the molecule is CCCCCCCCNc1nc(C)ccc1C(N)=S. The van der Waals surface area contributed by atoms with E-state index in [0.29, 0.717) is 4.99 Å². The summed E-state index contributed by atoms with van der Waals surface area (Å²) in [5, 5.41) is 3.35. The Morgan fingerprint density at radius 3 is 2.58 bits per heavy atom. The summed E-state index contributed by atoms with van der Waals surface area (Å²) in [6.45, 7) is 5.14. The van der Waals surface area contributed by atoms with Crippen LogP contribution in [-0.4, -0.2) is 16.5 Å². The molecular weight excluding hydrogens is 254 g/mol. The van der Waals surface area contributed by atoms with E-state index in [4.69, 9.17) is 18.0 Å². The van der Waals surface area contributed by atoms with Gasteiger partial charge in [-0.2, -0.15) is 0 Å². The van der Waals surface area contributed by atoms with Gasteiger partial charge in [-0.15, -0.1) is 0 Å². The number of pyridine rings is 1. The van der Waals surface area contributed by atoms with Crippen molar-refractivity contribution in [3.05, 3.63) is 23.4 Å². The normalized spacial score (nSPS) is 10.4. The van der Waals surface area contributed by atoms with Gasteiger partial charge < -0.3 is 11.1 Å². The highest BCUT2D eigenvalue weighted by atomic mass is 32.1. The molecule has 0 aliphatic carbocycles. The third-order valence-electron chi connectivity index (χ3n) is 3.12. The maximum atomic E-state index is 5.70. The van der Waals surface area contributed by atoms with Crippen molar-refractivity contribution >= 4 is 23.0 Å². The molecule has 0 saturated carbocycles. The zero-order valence-electron chi connectivity index (χ0n) is 12.0. The highest BCUT2D eigenvalue weighted by molar-refractivity contribution is 7.80. The smallest absolute Gasteiger partial charge is 0.136 e. The molecule has 4 heteroatoms. The summed E-state index contributed by atoms with van der Waals surface area (Å²) in [6.07, 6.45) is 7.73. The predicted octanol–water partition coefficient (Wildman–Crippen LogP) is 3.80.